The topological polar surface area (TPSA) is 78.9 Å². The third-order valence-corrected chi connectivity index (χ3v) is 15.6. The van der Waals surface area contributed by atoms with E-state index < -0.39 is 6.10 Å². The molecule has 6 nitrogen and oxygen atoms in total. The standard InChI is InChI=1S/C76H134O6/c1-4-7-10-13-16-19-22-25-28-31-33-35-36-37-38-39-40-41-43-45-48-51-54-57-60-63-66-69-75(78)81-72-73(71-80-74(77)68-65-62-59-56-53-50-47-44-30-27-24-21-18-15-12-9-6-3)82-76(79)70-67-64-61-58-55-52-49-46-42-34-32-29-26-23-20-17-14-11-8-5-2/h7,10,16,18-19,21,25,27-28,30,33,35,37-38,73H,4-6,8-9,11-15,17,20,22-24,26,29,31-32,34,36,39-72H2,1-3H3/b10-7-,19-16-,21-18-,28-25-,30-27-,35-33-,38-37-. The first-order chi connectivity index (χ1) is 40.5. The number of carbonyl (C=O) groups excluding carboxylic acids is 3. The van der Waals surface area contributed by atoms with Gasteiger partial charge in [0.05, 0.1) is 0 Å². The van der Waals surface area contributed by atoms with Gasteiger partial charge >= 0.3 is 17.9 Å². The Hall–Kier alpha value is -3.41. The number of rotatable bonds is 65. The molecule has 0 N–H and O–H groups in total. The van der Waals surface area contributed by atoms with Crippen LogP contribution in [0.5, 0.6) is 0 Å². The van der Waals surface area contributed by atoms with Gasteiger partial charge in [-0.05, 0) is 96.3 Å². The fourth-order valence-corrected chi connectivity index (χ4v) is 10.3. The average molecular weight is 1140 g/mol. The normalized spacial score (nSPS) is 12.6. The van der Waals surface area contributed by atoms with Crippen molar-refractivity contribution in [1.29, 1.82) is 0 Å². The molecule has 0 bridgehead atoms. The van der Waals surface area contributed by atoms with Crippen molar-refractivity contribution < 1.29 is 28.6 Å². The summed E-state index contributed by atoms with van der Waals surface area (Å²) in [4.78, 5) is 38.5. The Morgan fingerprint density at radius 2 is 0.476 bits per heavy atom. The molecule has 0 saturated carbocycles. The summed E-state index contributed by atoms with van der Waals surface area (Å²) >= 11 is 0. The molecule has 0 aliphatic heterocycles. The molecule has 1 atom stereocenters. The van der Waals surface area contributed by atoms with Crippen LogP contribution in [0.3, 0.4) is 0 Å². The number of ether oxygens (including phenoxy) is 3. The summed E-state index contributed by atoms with van der Waals surface area (Å²) in [6.45, 7) is 6.55. The summed E-state index contributed by atoms with van der Waals surface area (Å²) < 4.78 is 17.0. The molecule has 0 aliphatic carbocycles. The first kappa shape index (κ1) is 78.6. The Morgan fingerprint density at radius 3 is 0.768 bits per heavy atom. The Kier molecular flexibility index (Phi) is 67.2. The Labute approximate surface area is 509 Å². The average Bonchev–Trinajstić information content (AvgIpc) is 3.47. The lowest BCUT2D eigenvalue weighted by molar-refractivity contribution is -0.167. The van der Waals surface area contributed by atoms with Gasteiger partial charge in [0.1, 0.15) is 13.2 Å². The van der Waals surface area contributed by atoms with Crippen LogP contribution in [0.2, 0.25) is 0 Å². The highest BCUT2D eigenvalue weighted by Crippen LogP contribution is 2.18. The highest BCUT2D eigenvalue weighted by atomic mass is 16.6. The molecule has 0 amide bonds. The van der Waals surface area contributed by atoms with Crippen LogP contribution in [0.4, 0.5) is 0 Å². The summed E-state index contributed by atoms with van der Waals surface area (Å²) in [6.07, 6.45) is 93.1. The van der Waals surface area contributed by atoms with E-state index in [0.29, 0.717) is 19.3 Å². The minimum Gasteiger partial charge on any atom is -0.462 e. The molecule has 0 aromatic rings. The molecule has 0 saturated heterocycles. The fraction of sp³-hybridized carbons (Fsp3) is 0.776. The van der Waals surface area contributed by atoms with E-state index in [2.05, 4.69) is 106 Å². The number of esters is 3. The molecule has 0 spiro atoms. The molecule has 0 aromatic heterocycles. The maximum atomic E-state index is 13.0. The van der Waals surface area contributed by atoms with E-state index in [-0.39, 0.29) is 31.1 Å². The molecule has 0 aliphatic rings. The molecule has 1 unspecified atom stereocenters. The van der Waals surface area contributed by atoms with Crippen LogP contribution in [-0.4, -0.2) is 37.2 Å². The first-order valence-corrected chi connectivity index (χ1v) is 35.6. The van der Waals surface area contributed by atoms with Crippen LogP contribution in [0.25, 0.3) is 0 Å². The minimum absolute atomic E-state index is 0.0769. The number of hydrogen-bond donors (Lipinski definition) is 0. The zero-order chi connectivity index (χ0) is 59.2. The maximum Gasteiger partial charge on any atom is 0.306 e. The Bertz CT molecular complexity index is 1550. The van der Waals surface area contributed by atoms with Gasteiger partial charge in [0.2, 0.25) is 0 Å². The third kappa shape index (κ3) is 67.4. The molecule has 0 radical (unpaired) electrons. The van der Waals surface area contributed by atoms with Crippen LogP contribution in [-0.2, 0) is 28.6 Å². The summed E-state index contributed by atoms with van der Waals surface area (Å²) in [5, 5.41) is 0. The van der Waals surface area contributed by atoms with Gasteiger partial charge in [0.15, 0.2) is 6.10 Å². The molecule has 6 heteroatoms. The predicted octanol–water partition coefficient (Wildman–Crippen LogP) is 24.6. The van der Waals surface area contributed by atoms with Gasteiger partial charge < -0.3 is 14.2 Å². The van der Waals surface area contributed by atoms with Gasteiger partial charge in [-0.3, -0.25) is 14.4 Å². The smallest absolute Gasteiger partial charge is 0.306 e. The van der Waals surface area contributed by atoms with E-state index in [1.54, 1.807) is 0 Å². The lowest BCUT2D eigenvalue weighted by Crippen LogP contribution is -2.30. The van der Waals surface area contributed by atoms with Crippen LogP contribution in [0, 0.1) is 0 Å². The summed E-state index contributed by atoms with van der Waals surface area (Å²) in [5.74, 6) is -0.865. The number of carbonyl (C=O) groups is 3. The summed E-state index contributed by atoms with van der Waals surface area (Å²) in [5.41, 5.74) is 0. The molecule has 82 heavy (non-hydrogen) atoms. The van der Waals surface area contributed by atoms with Gasteiger partial charge in [0.25, 0.3) is 0 Å². The van der Waals surface area contributed by atoms with E-state index >= 15 is 0 Å². The van der Waals surface area contributed by atoms with Crippen molar-refractivity contribution >= 4 is 17.9 Å². The fourth-order valence-electron chi connectivity index (χ4n) is 10.3. The SMILES string of the molecule is CC/C=C\C/C=C\C/C=C\C/C=C\C/C=C\CCCCCCCCCCCCCC(=O)OCC(COC(=O)CCCCCCCCC/C=C\C/C=C\CCCCC)OC(=O)CCCCCCCCCCCCCCCCCCCCCC. The highest BCUT2D eigenvalue weighted by Gasteiger charge is 2.19. The van der Waals surface area contributed by atoms with Crippen LogP contribution >= 0.6 is 0 Å². The molecule has 0 heterocycles. The van der Waals surface area contributed by atoms with Crippen molar-refractivity contribution in [3.05, 3.63) is 85.1 Å². The van der Waals surface area contributed by atoms with E-state index in [9.17, 15) is 14.4 Å². The van der Waals surface area contributed by atoms with E-state index in [0.717, 1.165) is 103 Å². The third-order valence-electron chi connectivity index (χ3n) is 15.6. The first-order valence-electron chi connectivity index (χ1n) is 35.6. The van der Waals surface area contributed by atoms with Gasteiger partial charge in [0, 0.05) is 19.3 Å². The zero-order valence-electron chi connectivity index (χ0n) is 54.5. The van der Waals surface area contributed by atoms with Crippen LogP contribution in [0.1, 0.15) is 361 Å². The second-order valence-corrected chi connectivity index (χ2v) is 23.8. The molecular formula is C76H134O6. The largest absolute Gasteiger partial charge is 0.462 e. The van der Waals surface area contributed by atoms with Gasteiger partial charge in [-0.25, -0.2) is 0 Å². The molecule has 474 valence electrons. The second kappa shape index (κ2) is 70.1. The summed E-state index contributed by atoms with van der Waals surface area (Å²) in [6, 6.07) is 0. The monoisotopic (exact) mass is 1140 g/mol. The van der Waals surface area contributed by atoms with Crippen LogP contribution < -0.4 is 0 Å². The minimum atomic E-state index is -0.781. The zero-order valence-corrected chi connectivity index (χ0v) is 54.5. The number of unbranched alkanes of at least 4 members (excludes halogenated alkanes) is 40. The van der Waals surface area contributed by atoms with Crippen LogP contribution in [0.15, 0.2) is 85.1 Å². The highest BCUT2D eigenvalue weighted by molar-refractivity contribution is 5.71. The van der Waals surface area contributed by atoms with Crippen molar-refractivity contribution in [3.63, 3.8) is 0 Å². The Balaban J connectivity index is 4.33. The predicted molar refractivity (Wildman–Crippen MR) is 358 cm³/mol. The van der Waals surface area contributed by atoms with E-state index in [1.807, 2.05) is 0 Å². The number of hydrogen-bond acceptors (Lipinski definition) is 6. The second-order valence-electron chi connectivity index (χ2n) is 23.8. The van der Waals surface area contributed by atoms with Gasteiger partial charge in [-0.2, -0.15) is 0 Å². The number of allylic oxidation sites excluding steroid dienone is 14. The van der Waals surface area contributed by atoms with Crippen molar-refractivity contribution in [3.8, 4) is 0 Å². The lowest BCUT2D eigenvalue weighted by atomic mass is 10.0. The van der Waals surface area contributed by atoms with Crippen molar-refractivity contribution in [2.45, 2.75) is 367 Å². The van der Waals surface area contributed by atoms with Crippen molar-refractivity contribution in [2.24, 2.45) is 0 Å². The molecule has 0 aromatic carbocycles. The molecular weight excluding hydrogens is 1010 g/mol. The summed E-state index contributed by atoms with van der Waals surface area (Å²) in [7, 11) is 0. The van der Waals surface area contributed by atoms with Crippen molar-refractivity contribution in [1.82, 2.24) is 0 Å². The van der Waals surface area contributed by atoms with Gasteiger partial charge in [-0.15, -0.1) is 0 Å². The maximum absolute atomic E-state index is 13.0. The van der Waals surface area contributed by atoms with E-state index in [4.69, 9.17) is 14.2 Å². The molecule has 0 rings (SSSR count). The lowest BCUT2D eigenvalue weighted by Gasteiger charge is -2.18. The quantitative estimate of drug-likeness (QED) is 0.0261. The Morgan fingerprint density at radius 1 is 0.256 bits per heavy atom. The van der Waals surface area contributed by atoms with Crippen molar-refractivity contribution in [2.75, 3.05) is 13.2 Å². The van der Waals surface area contributed by atoms with E-state index in [1.165, 1.54) is 218 Å². The molecule has 0 fully saturated rings. The van der Waals surface area contributed by atoms with Gasteiger partial charge in [-0.1, -0.05) is 331 Å².